The maximum Gasteiger partial charge on any atom is 0.114 e. The fourth-order valence-corrected chi connectivity index (χ4v) is 8.06. The summed E-state index contributed by atoms with van der Waals surface area (Å²) in [6.07, 6.45) is 13.6. The van der Waals surface area contributed by atoms with Gasteiger partial charge in [0.15, 0.2) is 0 Å². The van der Waals surface area contributed by atoms with Gasteiger partial charge >= 0.3 is 71.1 Å². The summed E-state index contributed by atoms with van der Waals surface area (Å²) in [4.78, 5) is 34.5. The molecule has 10 aromatic rings. The van der Waals surface area contributed by atoms with Gasteiger partial charge in [0.1, 0.15) is 22.1 Å². The second kappa shape index (κ2) is 15.6. The molecule has 54 heavy (non-hydrogen) atoms. The van der Waals surface area contributed by atoms with E-state index in [0.29, 0.717) is 0 Å². The van der Waals surface area contributed by atoms with Crippen molar-refractivity contribution in [2.24, 2.45) is 0 Å². The van der Waals surface area contributed by atoms with Gasteiger partial charge in [-0.15, -0.1) is 0 Å². The molecule has 7 aromatic heterocycles. The number of hydrogen-bond acceptors (Lipinski definition) is 15. The second-order valence-corrected chi connectivity index (χ2v) is 14.1. The Morgan fingerprint density at radius 3 is 0.944 bits per heavy atom. The minimum Gasteiger partial charge on any atom is -0.251 e. The van der Waals surface area contributed by atoms with E-state index in [4.69, 9.17) is 0 Å². The summed E-state index contributed by atoms with van der Waals surface area (Å²) in [7, 11) is 0. The molecule has 0 unspecified atom stereocenters. The van der Waals surface area contributed by atoms with Crippen molar-refractivity contribution in [2.45, 2.75) is 55.4 Å². The first-order valence-corrected chi connectivity index (χ1v) is 19.1. The Balaban J connectivity index is 0.000000112. The van der Waals surface area contributed by atoms with Gasteiger partial charge in [0, 0.05) is 71.8 Å². The van der Waals surface area contributed by atoms with Gasteiger partial charge < -0.3 is 0 Å². The molecule has 0 amide bonds. The molecule has 0 bridgehead atoms. The Labute approximate surface area is 320 Å². The van der Waals surface area contributed by atoms with E-state index in [9.17, 15) is 0 Å². The van der Waals surface area contributed by atoms with E-state index in [2.05, 4.69) is 92.8 Å². The summed E-state index contributed by atoms with van der Waals surface area (Å²) in [5, 5.41) is 7.91. The summed E-state index contributed by atoms with van der Waals surface area (Å²) < 4.78 is 17.3. The van der Waals surface area contributed by atoms with Crippen LogP contribution in [-0.4, -0.2) is 81.7 Å². The average molecular weight is 798 g/mol. The Morgan fingerprint density at radius 1 is 0.352 bits per heavy atom. The molecule has 0 fully saturated rings. The van der Waals surface area contributed by atoms with Gasteiger partial charge in [-0.3, -0.25) is 39.9 Å². The molecule has 10 rings (SSSR count). The van der Waals surface area contributed by atoms with E-state index in [-0.39, 0.29) is 15.0 Å². The van der Waals surface area contributed by atoms with Crippen LogP contribution in [0.4, 0.5) is 0 Å². The maximum absolute atomic E-state index is 4.36. The number of hydrogen-bond donors (Lipinski definition) is 0. The Hall–Kier alpha value is -5.96. The first-order valence-electron chi connectivity index (χ1n) is 16.9. The number of rotatable bonds is 0. The van der Waals surface area contributed by atoms with E-state index >= 15 is 0 Å². The zero-order valence-corrected chi connectivity index (χ0v) is 33.4. The predicted octanol–water partition coefficient (Wildman–Crippen LogP) is 6.78. The van der Waals surface area contributed by atoms with Crippen molar-refractivity contribution in [3.63, 3.8) is 0 Å². The summed E-state index contributed by atoms with van der Waals surface area (Å²) in [6.45, 7) is 16.0. The molecule has 14 nitrogen and oxygen atoms in total. The van der Waals surface area contributed by atoms with Crippen LogP contribution in [0, 0.1) is 55.4 Å². The van der Waals surface area contributed by atoms with E-state index < -0.39 is 0 Å². The Morgan fingerprint density at radius 2 is 0.630 bits per heavy atom. The molecule has 268 valence electrons. The number of nitrogens with zero attached hydrogens (tertiary/aromatic N) is 14. The van der Waals surface area contributed by atoms with Gasteiger partial charge in [-0.1, -0.05) is 0 Å². The van der Waals surface area contributed by atoms with E-state index in [1.165, 1.54) is 22.9 Å². The molecule has 3 aromatic carbocycles. The van der Waals surface area contributed by atoms with E-state index in [0.717, 1.165) is 99.8 Å². The van der Waals surface area contributed by atoms with Crippen LogP contribution in [0.1, 0.15) is 44.8 Å². The van der Waals surface area contributed by atoms with Gasteiger partial charge in [-0.25, -0.2) is 0 Å². The van der Waals surface area contributed by atoms with Crippen LogP contribution in [0.15, 0.2) is 61.7 Å². The summed E-state index contributed by atoms with van der Waals surface area (Å²) >= 11 is 1.35. The van der Waals surface area contributed by atoms with Crippen LogP contribution >= 0.6 is 11.7 Å². The van der Waals surface area contributed by atoms with Gasteiger partial charge in [-0.2, -0.15) is 18.9 Å². The van der Waals surface area contributed by atoms with Crippen molar-refractivity contribution in [2.75, 3.05) is 0 Å². The third-order valence-corrected chi connectivity index (χ3v) is 10.6. The SMILES string of the molecule is Cc1c2nccnc2c(C)c2nccnc12.Cc1c2nccnc2c(C)c2nsnc12.Cc1ccc(C)c2n[se]nc12.Cc1nnc(C)c2nccnc12. The topological polar surface area (TPSA) is 180 Å². The number of fused-ring (bicyclic) bond motifs is 6. The minimum atomic E-state index is 0.110. The Bertz CT molecular complexity index is 2710. The summed E-state index contributed by atoms with van der Waals surface area (Å²) in [6, 6.07) is 4.21. The smallest absolute Gasteiger partial charge is 0.114 e. The molecular weight excluding hydrogens is 764 g/mol. The number of benzene rings is 3. The fraction of sp³-hybridized carbons (Fsp3) is 0.211. The predicted molar refractivity (Wildman–Crippen MR) is 213 cm³/mol. The van der Waals surface area contributed by atoms with Crippen LogP contribution in [0.25, 0.3) is 66.2 Å². The van der Waals surface area contributed by atoms with Gasteiger partial charge in [0.2, 0.25) is 0 Å². The van der Waals surface area contributed by atoms with Gasteiger partial charge in [0.25, 0.3) is 0 Å². The third kappa shape index (κ3) is 6.94. The molecule has 0 N–H and O–H groups in total. The first kappa shape index (κ1) is 36.4. The van der Waals surface area contributed by atoms with Crippen LogP contribution < -0.4 is 0 Å². The minimum absolute atomic E-state index is 0.110. The molecular formula is C38H34N14SSe. The van der Waals surface area contributed by atoms with Gasteiger partial charge in [0.05, 0.1) is 56.2 Å². The molecule has 7 heterocycles. The largest absolute Gasteiger partial charge is 0.251 e. The number of aromatic nitrogens is 14. The standard InChI is InChI=1S/C12H10N4.C10H8N4S.C8H8N4.C8H8N2Se/c1-7-9-11(15-5-3-13-9)8(2)12-10(7)14-4-6-16-12;1-5-7-8(12-4-3-11-7)6(2)10-9(5)13-15-14-10;1-5-7-8(6(2)12-11-5)10-4-3-9-7;1-5-3-4-6(2)8-7(5)9-11-10-8/h3-6H,1-2H3;3-4H,1-2H3;3-4H,1-2H3;3-4H,1-2H3. The molecule has 0 spiro atoms. The van der Waals surface area contributed by atoms with Crippen LogP contribution in [0.3, 0.4) is 0 Å². The Kier molecular flexibility index (Phi) is 10.5. The van der Waals surface area contributed by atoms with Crippen LogP contribution in [0.2, 0.25) is 0 Å². The molecule has 0 aliphatic heterocycles. The molecule has 0 aliphatic carbocycles. The quantitative estimate of drug-likeness (QED) is 0.116. The van der Waals surface area contributed by atoms with Crippen LogP contribution in [0.5, 0.6) is 0 Å². The molecule has 0 saturated carbocycles. The molecule has 16 heteroatoms. The van der Waals surface area contributed by atoms with E-state index in [1.807, 2.05) is 41.5 Å². The van der Waals surface area contributed by atoms with Crippen molar-refractivity contribution in [1.82, 2.24) is 66.8 Å². The molecule has 0 atom stereocenters. The van der Waals surface area contributed by atoms with Crippen molar-refractivity contribution in [3.05, 3.63) is 106 Å². The molecule has 0 saturated heterocycles. The van der Waals surface area contributed by atoms with Crippen LogP contribution in [-0.2, 0) is 0 Å². The van der Waals surface area contributed by atoms with Crippen molar-refractivity contribution in [1.29, 1.82) is 0 Å². The maximum atomic E-state index is 4.36. The second-order valence-electron chi connectivity index (χ2n) is 12.5. The van der Waals surface area contributed by atoms with E-state index in [1.54, 1.807) is 49.6 Å². The zero-order chi connectivity index (χ0) is 37.9. The van der Waals surface area contributed by atoms with Crippen molar-refractivity contribution in [3.8, 4) is 0 Å². The number of aryl methyl sites for hydroxylation is 8. The summed E-state index contributed by atoms with van der Waals surface area (Å²) in [5.41, 5.74) is 19.6. The third-order valence-electron chi connectivity index (χ3n) is 8.98. The van der Waals surface area contributed by atoms with Gasteiger partial charge in [-0.05, 0) is 41.5 Å². The fourth-order valence-electron chi connectivity index (χ4n) is 6.02. The van der Waals surface area contributed by atoms with Crippen molar-refractivity contribution < 1.29 is 0 Å². The molecule has 0 radical (unpaired) electrons. The normalized spacial score (nSPS) is 11.0. The first-order chi connectivity index (χ1) is 26.2. The zero-order valence-electron chi connectivity index (χ0n) is 30.9. The summed E-state index contributed by atoms with van der Waals surface area (Å²) in [5.74, 6) is 0. The average Bonchev–Trinajstić information content (AvgIpc) is 3.93. The monoisotopic (exact) mass is 798 g/mol. The molecule has 0 aliphatic rings. The van der Waals surface area contributed by atoms with Crippen molar-refractivity contribution >= 4 is 92.9 Å².